The molecule has 2 aliphatic rings. The fourth-order valence-corrected chi connectivity index (χ4v) is 6.06. The SMILES string of the molecule is CC(C)CC(C#N)NC(=O)C1CCCCC1NC(=O)c1cc2ccccc2n1CCC1CCN(C)CC1. The first-order chi connectivity index (χ1) is 17.9. The Bertz CT molecular complexity index is 1110. The van der Waals surface area contributed by atoms with E-state index in [1.165, 1.54) is 12.8 Å². The van der Waals surface area contributed by atoms with Crippen LogP contribution in [0.3, 0.4) is 0 Å². The minimum absolute atomic E-state index is 0.108. The van der Waals surface area contributed by atoms with Crippen LogP contribution in [0.25, 0.3) is 10.9 Å². The predicted octanol–water partition coefficient (Wildman–Crippen LogP) is 4.72. The Balaban J connectivity index is 1.48. The Labute approximate surface area is 221 Å². The van der Waals surface area contributed by atoms with Crippen molar-refractivity contribution < 1.29 is 9.59 Å². The van der Waals surface area contributed by atoms with Gasteiger partial charge in [-0.1, -0.05) is 44.9 Å². The van der Waals surface area contributed by atoms with Gasteiger partial charge in [0.2, 0.25) is 5.91 Å². The van der Waals surface area contributed by atoms with Crippen LogP contribution in [0, 0.1) is 29.1 Å². The topological polar surface area (TPSA) is 90.2 Å². The van der Waals surface area contributed by atoms with Crippen LogP contribution >= 0.6 is 0 Å². The average Bonchev–Trinajstić information content (AvgIpc) is 3.26. The molecule has 1 saturated heterocycles. The second-order valence-electron chi connectivity index (χ2n) is 11.6. The first-order valence-electron chi connectivity index (χ1n) is 14.1. The van der Waals surface area contributed by atoms with Gasteiger partial charge in [-0.3, -0.25) is 9.59 Å². The Kier molecular flexibility index (Phi) is 9.26. The highest BCUT2D eigenvalue weighted by Crippen LogP contribution is 2.28. The Hall–Kier alpha value is -2.85. The normalized spacial score (nSPS) is 22.0. The van der Waals surface area contributed by atoms with Gasteiger partial charge >= 0.3 is 0 Å². The minimum atomic E-state index is -0.493. The summed E-state index contributed by atoms with van der Waals surface area (Å²) >= 11 is 0. The van der Waals surface area contributed by atoms with Crippen LogP contribution in [0.2, 0.25) is 0 Å². The van der Waals surface area contributed by atoms with E-state index >= 15 is 0 Å². The third-order valence-electron chi connectivity index (χ3n) is 8.24. The molecule has 7 nitrogen and oxygen atoms in total. The summed E-state index contributed by atoms with van der Waals surface area (Å²) in [5.41, 5.74) is 1.76. The zero-order chi connectivity index (χ0) is 26.4. The molecular weight excluding hydrogens is 462 g/mol. The lowest BCUT2D eigenvalue weighted by Gasteiger charge is -2.32. The molecule has 1 aromatic heterocycles. The lowest BCUT2D eigenvalue weighted by atomic mass is 9.83. The highest BCUT2D eigenvalue weighted by atomic mass is 16.2. The number of aryl methyl sites for hydroxylation is 1. The van der Waals surface area contributed by atoms with Crippen molar-refractivity contribution in [2.24, 2.45) is 17.8 Å². The molecule has 4 rings (SSSR count). The van der Waals surface area contributed by atoms with Crippen molar-refractivity contribution in [2.45, 2.75) is 83.8 Å². The van der Waals surface area contributed by atoms with E-state index in [1.54, 1.807) is 0 Å². The van der Waals surface area contributed by atoms with Gasteiger partial charge in [-0.2, -0.15) is 5.26 Å². The molecule has 2 N–H and O–H groups in total. The van der Waals surface area contributed by atoms with E-state index in [0.717, 1.165) is 62.6 Å². The lowest BCUT2D eigenvalue weighted by Crippen LogP contribution is -2.50. The number of nitrogens with zero attached hydrogens (tertiary/aromatic N) is 3. The van der Waals surface area contributed by atoms with Crippen molar-refractivity contribution in [1.82, 2.24) is 20.1 Å². The number of piperidine rings is 1. The third kappa shape index (κ3) is 6.93. The maximum absolute atomic E-state index is 13.7. The van der Waals surface area contributed by atoms with E-state index in [9.17, 15) is 14.9 Å². The minimum Gasteiger partial charge on any atom is -0.347 e. The molecule has 1 saturated carbocycles. The summed E-state index contributed by atoms with van der Waals surface area (Å²) in [6.07, 6.45) is 7.56. The molecule has 2 aromatic rings. The fraction of sp³-hybridized carbons (Fsp3) is 0.633. The van der Waals surface area contributed by atoms with Gasteiger partial charge in [0.1, 0.15) is 11.7 Å². The van der Waals surface area contributed by atoms with Gasteiger partial charge in [-0.15, -0.1) is 0 Å². The summed E-state index contributed by atoms with van der Waals surface area (Å²) in [5.74, 6) is 0.475. The molecule has 3 atom stereocenters. The molecule has 7 heteroatoms. The van der Waals surface area contributed by atoms with E-state index in [2.05, 4.69) is 45.4 Å². The number of carbonyl (C=O) groups is 2. The highest BCUT2D eigenvalue weighted by molar-refractivity contribution is 5.99. The fourth-order valence-electron chi connectivity index (χ4n) is 6.06. The molecule has 0 radical (unpaired) electrons. The molecule has 37 heavy (non-hydrogen) atoms. The van der Waals surface area contributed by atoms with Crippen molar-refractivity contribution in [2.75, 3.05) is 20.1 Å². The number of nitrogens with one attached hydrogen (secondary N) is 2. The summed E-state index contributed by atoms with van der Waals surface area (Å²) in [5, 5.41) is 16.7. The number of carbonyl (C=O) groups excluding carboxylic acids is 2. The van der Waals surface area contributed by atoms with Crippen LogP contribution in [-0.2, 0) is 11.3 Å². The van der Waals surface area contributed by atoms with Crippen molar-refractivity contribution in [3.8, 4) is 6.07 Å². The van der Waals surface area contributed by atoms with Crippen LogP contribution in [0.4, 0.5) is 0 Å². The molecule has 1 aliphatic carbocycles. The van der Waals surface area contributed by atoms with E-state index in [0.29, 0.717) is 24.0 Å². The number of rotatable bonds is 9. The maximum Gasteiger partial charge on any atom is 0.268 e. The average molecular weight is 506 g/mol. The lowest BCUT2D eigenvalue weighted by molar-refractivity contribution is -0.127. The molecule has 200 valence electrons. The van der Waals surface area contributed by atoms with E-state index < -0.39 is 6.04 Å². The summed E-state index contributed by atoms with van der Waals surface area (Å²) in [6, 6.07) is 11.7. The van der Waals surface area contributed by atoms with Crippen LogP contribution in [-0.4, -0.2) is 53.5 Å². The number of amides is 2. The van der Waals surface area contributed by atoms with Crippen molar-refractivity contribution >= 4 is 22.7 Å². The second kappa shape index (κ2) is 12.6. The first kappa shape index (κ1) is 27.2. The van der Waals surface area contributed by atoms with Crippen LogP contribution < -0.4 is 10.6 Å². The molecular formula is C30H43N5O2. The zero-order valence-electron chi connectivity index (χ0n) is 22.7. The maximum atomic E-state index is 13.7. The molecule has 1 aromatic carbocycles. The molecule has 0 spiro atoms. The van der Waals surface area contributed by atoms with Crippen LogP contribution in [0.15, 0.2) is 30.3 Å². The number of hydrogen-bond acceptors (Lipinski definition) is 4. The van der Waals surface area contributed by atoms with Crippen LogP contribution in [0.1, 0.15) is 75.7 Å². The molecule has 0 bridgehead atoms. The van der Waals surface area contributed by atoms with Gasteiger partial charge in [0, 0.05) is 23.5 Å². The van der Waals surface area contributed by atoms with E-state index in [4.69, 9.17) is 0 Å². The molecule has 2 heterocycles. The summed E-state index contributed by atoms with van der Waals surface area (Å²) in [6.45, 7) is 7.19. The summed E-state index contributed by atoms with van der Waals surface area (Å²) < 4.78 is 2.18. The van der Waals surface area contributed by atoms with Gasteiger partial charge in [0.25, 0.3) is 5.91 Å². The first-order valence-corrected chi connectivity index (χ1v) is 14.1. The number of hydrogen-bond donors (Lipinski definition) is 2. The zero-order valence-corrected chi connectivity index (χ0v) is 22.7. The Morgan fingerprint density at radius 2 is 1.84 bits per heavy atom. The Morgan fingerprint density at radius 3 is 2.57 bits per heavy atom. The standard InChI is InChI=1S/C30H43N5O2/c1-21(2)18-24(20-31)32-29(36)25-9-5-6-10-26(25)33-30(37)28-19-23-8-4-7-11-27(23)35(28)17-14-22-12-15-34(3)16-13-22/h4,7-8,11,19,21-22,24-26H,5-6,9-10,12-18H2,1-3H3,(H,32,36)(H,33,37). The van der Waals surface area contributed by atoms with Gasteiger partial charge < -0.3 is 20.1 Å². The number of aromatic nitrogens is 1. The van der Waals surface area contributed by atoms with Crippen molar-refractivity contribution in [3.05, 3.63) is 36.0 Å². The van der Waals surface area contributed by atoms with E-state index in [-0.39, 0.29) is 23.8 Å². The predicted molar refractivity (Wildman–Crippen MR) is 147 cm³/mol. The van der Waals surface area contributed by atoms with Gasteiger partial charge in [-0.25, -0.2) is 0 Å². The largest absolute Gasteiger partial charge is 0.347 e. The monoisotopic (exact) mass is 505 g/mol. The van der Waals surface area contributed by atoms with Crippen LogP contribution in [0.5, 0.6) is 0 Å². The number of benzene rings is 1. The third-order valence-corrected chi connectivity index (χ3v) is 8.24. The van der Waals surface area contributed by atoms with Gasteiger partial charge in [-0.05, 0) is 82.6 Å². The smallest absolute Gasteiger partial charge is 0.268 e. The number of fused-ring (bicyclic) bond motifs is 1. The quantitative estimate of drug-likeness (QED) is 0.516. The molecule has 3 unspecified atom stereocenters. The molecule has 2 fully saturated rings. The number of para-hydroxylation sites is 1. The van der Waals surface area contributed by atoms with Gasteiger partial charge in [0.05, 0.1) is 12.0 Å². The molecule has 1 aliphatic heterocycles. The summed E-state index contributed by atoms with van der Waals surface area (Å²) in [7, 11) is 2.18. The Morgan fingerprint density at radius 1 is 1.11 bits per heavy atom. The number of nitriles is 1. The molecule has 2 amide bonds. The summed E-state index contributed by atoms with van der Waals surface area (Å²) in [4.78, 5) is 29.2. The van der Waals surface area contributed by atoms with Gasteiger partial charge in [0.15, 0.2) is 0 Å². The second-order valence-corrected chi connectivity index (χ2v) is 11.6. The van der Waals surface area contributed by atoms with Crippen molar-refractivity contribution in [3.63, 3.8) is 0 Å². The highest BCUT2D eigenvalue weighted by Gasteiger charge is 2.34. The van der Waals surface area contributed by atoms with Crippen molar-refractivity contribution in [1.29, 1.82) is 5.26 Å². The van der Waals surface area contributed by atoms with E-state index in [1.807, 2.05) is 32.0 Å². The number of likely N-dealkylation sites (tertiary alicyclic amines) is 1.